The standard InChI is InChI=1S/C12H19N3OS/c1-7-6-17-12(15-8(7)2)13-5-11-14-9(3)10(4)16-11/h7-8H,5-6H2,1-4H3,(H,13,15). The Kier molecular flexibility index (Phi) is 3.76. The van der Waals surface area contributed by atoms with Gasteiger partial charge >= 0.3 is 0 Å². The monoisotopic (exact) mass is 253 g/mol. The SMILES string of the molecule is Cc1nc(CN=C2NC(C)C(C)CS2)oc1C. The van der Waals surface area contributed by atoms with Crippen molar-refractivity contribution in [3.8, 4) is 0 Å². The highest BCUT2D eigenvalue weighted by molar-refractivity contribution is 8.13. The Labute approximate surface area is 106 Å². The van der Waals surface area contributed by atoms with Gasteiger partial charge in [0.15, 0.2) is 5.17 Å². The molecule has 1 N–H and O–H groups in total. The minimum absolute atomic E-state index is 0.489. The van der Waals surface area contributed by atoms with Gasteiger partial charge in [0.25, 0.3) is 0 Å². The number of thioether (sulfide) groups is 1. The molecule has 5 heteroatoms. The van der Waals surface area contributed by atoms with Crippen molar-refractivity contribution in [2.45, 2.75) is 40.3 Å². The van der Waals surface area contributed by atoms with Crippen LogP contribution in [0.3, 0.4) is 0 Å². The van der Waals surface area contributed by atoms with Gasteiger partial charge in [-0.3, -0.25) is 4.99 Å². The van der Waals surface area contributed by atoms with Gasteiger partial charge in [-0.05, 0) is 26.7 Å². The summed E-state index contributed by atoms with van der Waals surface area (Å²) in [7, 11) is 0. The molecule has 1 saturated heterocycles. The van der Waals surface area contributed by atoms with Gasteiger partial charge in [0.2, 0.25) is 5.89 Å². The van der Waals surface area contributed by atoms with Crippen molar-refractivity contribution in [2.24, 2.45) is 10.9 Å². The summed E-state index contributed by atoms with van der Waals surface area (Å²) in [6, 6.07) is 0.489. The summed E-state index contributed by atoms with van der Waals surface area (Å²) in [5.74, 6) is 3.38. The molecule has 0 aromatic carbocycles. The zero-order valence-corrected chi connectivity index (χ0v) is 11.6. The van der Waals surface area contributed by atoms with Crippen LogP contribution in [0.15, 0.2) is 9.41 Å². The molecule has 2 atom stereocenters. The Morgan fingerprint density at radius 1 is 1.47 bits per heavy atom. The summed E-state index contributed by atoms with van der Waals surface area (Å²) in [5.41, 5.74) is 0.950. The summed E-state index contributed by atoms with van der Waals surface area (Å²) >= 11 is 1.77. The predicted octanol–water partition coefficient (Wildman–Crippen LogP) is 2.51. The van der Waals surface area contributed by atoms with Crippen LogP contribution in [0.4, 0.5) is 0 Å². The Morgan fingerprint density at radius 2 is 2.24 bits per heavy atom. The van der Waals surface area contributed by atoms with E-state index in [9.17, 15) is 0 Å². The molecule has 1 aromatic heterocycles. The molecule has 1 aromatic rings. The molecular weight excluding hydrogens is 234 g/mol. The van der Waals surface area contributed by atoms with Gasteiger partial charge in [0.05, 0.1) is 5.69 Å². The van der Waals surface area contributed by atoms with Crippen LogP contribution in [0, 0.1) is 19.8 Å². The molecule has 2 heterocycles. The highest BCUT2D eigenvalue weighted by Gasteiger charge is 2.20. The van der Waals surface area contributed by atoms with Crippen molar-refractivity contribution >= 4 is 16.9 Å². The maximum absolute atomic E-state index is 5.50. The molecule has 2 unspecified atom stereocenters. The van der Waals surface area contributed by atoms with Crippen molar-refractivity contribution in [1.82, 2.24) is 10.3 Å². The maximum Gasteiger partial charge on any atom is 0.216 e. The molecule has 4 nitrogen and oxygen atoms in total. The first-order valence-corrected chi connectivity index (χ1v) is 6.91. The Hall–Kier alpha value is -0.970. The van der Waals surface area contributed by atoms with E-state index >= 15 is 0 Å². The molecule has 1 aliphatic rings. The lowest BCUT2D eigenvalue weighted by atomic mass is 10.1. The average molecular weight is 253 g/mol. The second-order valence-corrected chi connectivity index (χ2v) is 5.60. The number of rotatable bonds is 2. The summed E-state index contributed by atoms with van der Waals surface area (Å²) in [4.78, 5) is 8.82. The minimum atomic E-state index is 0.489. The number of aromatic nitrogens is 1. The number of oxazole rings is 1. The fourth-order valence-electron chi connectivity index (χ4n) is 1.57. The van der Waals surface area contributed by atoms with E-state index in [2.05, 4.69) is 29.1 Å². The highest BCUT2D eigenvalue weighted by Crippen LogP contribution is 2.19. The second kappa shape index (κ2) is 5.12. The summed E-state index contributed by atoms with van der Waals surface area (Å²) in [6.07, 6.45) is 0. The first kappa shape index (κ1) is 12.5. The Morgan fingerprint density at radius 3 is 2.82 bits per heavy atom. The number of hydrogen-bond donors (Lipinski definition) is 1. The van der Waals surface area contributed by atoms with Gasteiger partial charge in [0, 0.05) is 11.8 Å². The van der Waals surface area contributed by atoms with Crippen LogP contribution in [0.5, 0.6) is 0 Å². The lowest BCUT2D eigenvalue weighted by Gasteiger charge is -2.28. The van der Waals surface area contributed by atoms with E-state index in [1.54, 1.807) is 11.8 Å². The number of aliphatic imine (C=N–C) groups is 1. The maximum atomic E-state index is 5.50. The van der Waals surface area contributed by atoms with E-state index in [1.807, 2.05) is 13.8 Å². The van der Waals surface area contributed by atoms with Crippen molar-refractivity contribution in [3.63, 3.8) is 0 Å². The van der Waals surface area contributed by atoms with E-state index in [0.29, 0.717) is 24.4 Å². The Balaban J connectivity index is 1.97. The molecular formula is C12H19N3OS. The van der Waals surface area contributed by atoms with E-state index in [4.69, 9.17) is 4.42 Å². The molecule has 0 bridgehead atoms. The van der Waals surface area contributed by atoms with Crippen LogP contribution in [0.25, 0.3) is 0 Å². The average Bonchev–Trinajstić information content (AvgIpc) is 2.60. The highest BCUT2D eigenvalue weighted by atomic mass is 32.2. The number of aryl methyl sites for hydroxylation is 2. The van der Waals surface area contributed by atoms with Crippen molar-refractivity contribution in [1.29, 1.82) is 0 Å². The number of nitrogens with zero attached hydrogens (tertiary/aromatic N) is 2. The topological polar surface area (TPSA) is 50.4 Å². The third kappa shape index (κ3) is 3.03. The molecule has 17 heavy (non-hydrogen) atoms. The number of nitrogens with one attached hydrogen (secondary N) is 1. The molecule has 0 radical (unpaired) electrons. The molecule has 1 aliphatic heterocycles. The molecule has 0 saturated carbocycles. The van der Waals surface area contributed by atoms with E-state index in [1.165, 1.54) is 0 Å². The molecule has 1 fully saturated rings. The number of hydrogen-bond acceptors (Lipinski definition) is 4. The normalized spacial score (nSPS) is 27.2. The van der Waals surface area contributed by atoms with Gasteiger partial charge < -0.3 is 9.73 Å². The number of amidine groups is 1. The van der Waals surface area contributed by atoms with E-state index in [-0.39, 0.29) is 0 Å². The van der Waals surface area contributed by atoms with Crippen LogP contribution < -0.4 is 5.32 Å². The van der Waals surface area contributed by atoms with Gasteiger partial charge in [-0.15, -0.1) is 0 Å². The fraction of sp³-hybridized carbons (Fsp3) is 0.667. The summed E-state index contributed by atoms with van der Waals surface area (Å²) in [6.45, 7) is 8.84. The lowest BCUT2D eigenvalue weighted by Crippen LogP contribution is -2.41. The van der Waals surface area contributed by atoms with Gasteiger partial charge in [-0.1, -0.05) is 18.7 Å². The zero-order chi connectivity index (χ0) is 12.4. The fourth-order valence-corrected chi connectivity index (χ4v) is 2.71. The smallest absolute Gasteiger partial charge is 0.216 e. The summed E-state index contributed by atoms with van der Waals surface area (Å²) in [5, 5.41) is 4.41. The zero-order valence-electron chi connectivity index (χ0n) is 10.8. The quantitative estimate of drug-likeness (QED) is 0.880. The molecule has 2 rings (SSSR count). The van der Waals surface area contributed by atoms with Gasteiger partial charge in [-0.2, -0.15) is 0 Å². The third-order valence-corrected chi connectivity index (χ3v) is 4.33. The van der Waals surface area contributed by atoms with Crippen molar-refractivity contribution < 1.29 is 4.42 Å². The molecule has 94 valence electrons. The first-order valence-electron chi connectivity index (χ1n) is 5.93. The largest absolute Gasteiger partial charge is 0.444 e. The van der Waals surface area contributed by atoms with E-state index in [0.717, 1.165) is 22.4 Å². The molecule has 0 amide bonds. The van der Waals surface area contributed by atoms with Crippen LogP contribution >= 0.6 is 11.8 Å². The van der Waals surface area contributed by atoms with Crippen LogP contribution in [-0.2, 0) is 6.54 Å². The van der Waals surface area contributed by atoms with Crippen LogP contribution in [-0.4, -0.2) is 21.9 Å². The van der Waals surface area contributed by atoms with Crippen molar-refractivity contribution in [2.75, 3.05) is 5.75 Å². The molecule has 0 spiro atoms. The summed E-state index contributed by atoms with van der Waals surface area (Å²) < 4.78 is 5.50. The first-order chi connectivity index (χ1) is 8.06. The van der Waals surface area contributed by atoms with E-state index < -0.39 is 0 Å². The Bertz CT molecular complexity index is 408. The van der Waals surface area contributed by atoms with Crippen LogP contribution in [0.1, 0.15) is 31.2 Å². The predicted molar refractivity (Wildman–Crippen MR) is 71.3 cm³/mol. The van der Waals surface area contributed by atoms with Crippen molar-refractivity contribution in [3.05, 3.63) is 17.3 Å². The van der Waals surface area contributed by atoms with Gasteiger partial charge in [0.1, 0.15) is 12.3 Å². The minimum Gasteiger partial charge on any atom is -0.444 e. The van der Waals surface area contributed by atoms with Crippen LogP contribution in [0.2, 0.25) is 0 Å². The lowest BCUT2D eigenvalue weighted by molar-refractivity contribution is 0.470. The third-order valence-electron chi connectivity index (χ3n) is 3.12. The van der Waals surface area contributed by atoms with Gasteiger partial charge in [-0.25, -0.2) is 4.98 Å². The second-order valence-electron chi connectivity index (χ2n) is 4.59. The molecule has 0 aliphatic carbocycles.